The molecule has 1 atom stereocenters. The van der Waals surface area contributed by atoms with Crippen molar-refractivity contribution in [1.29, 1.82) is 5.26 Å². The zero-order valence-electron chi connectivity index (χ0n) is 10.8. The molecule has 1 fully saturated rings. The molecule has 1 aromatic carbocycles. The molecule has 96 valence electrons. The molecule has 1 heterocycles. The Morgan fingerprint density at radius 1 is 1.56 bits per heavy atom. The lowest BCUT2D eigenvalue weighted by atomic mass is 10.1. The van der Waals surface area contributed by atoms with Gasteiger partial charge in [0.05, 0.1) is 11.3 Å². The van der Waals surface area contributed by atoms with Gasteiger partial charge in [-0.15, -0.1) is 11.8 Å². The van der Waals surface area contributed by atoms with E-state index in [0.717, 1.165) is 21.9 Å². The second-order valence-corrected chi connectivity index (χ2v) is 6.78. The molecule has 2 rings (SSSR count). The first-order valence-corrected chi connectivity index (χ1v) is 8.38. The summed E-state index contributed by atoms with van der Waals surface area (Å²) in [5.74, 6) is 3.41. The highest BCUT2D eigenvalue weighted by Crippen LogP contribution is 2.33. The van der Waals surface area contributed by atoms with Gasteiger partial charge in [-0.1, -0.05) is 13.0 Å². The number of nitrogens with zero attached hydrogens (tertiary/aromatic N) is 2. The fourth-order valence-corrected chi connectivity index (χ4v) is 4.27. The first-order valence-electron chi connectivity index (χ1n) is 6.24. The van der Waals surface area contributed by atoms with Gasteiger partial charge in [0.2, 0.25) is 0 Å². The first kappa shape index (κ1) is 13.6. The van der Waals surface area contributed by atoms with Crippen molar-refractivity contribution in [3.05, 3.63) is 23.8 Å². The van der Waals surface area contributed by atoms with Crippen molar-refractivity contribution in [3.8, 4) is 6.07 Å². The van der Waals surface area contributed by atoms with Crippen molar-refractivity contribution in [3.63, 3.8) is 0 Å². The van der Waals surface area contributed by atoms with Crippen molar-refractivity contribution in [2.45, 2.75) is 24.3 Å². The second kappa shape index (κ2) is 6.40. The third-order valence-electron chi connectivity index (χ3n) is 3.25. The van der Waals surface area contributed by atoms with Gasteiger partial charge in [-0.25, -0.2) is 0 Å². The molecule has 0 saturated carbocycles. The zero-order chi connectivity index (χ0) is 13.0. The number of rotatable bonds is 4. The Bertz CT molecular complexity index is 448. The van der Waals surface area contributed by atoms with Crippen LogP contribution in [-0.2, 0) is 0 Å². The van der Waals surface area contributed by atoms with Crippen LogP contribution in [0.15, 0.2) is 23.1 Å². The highest BCUT2D eigenvalue weighted by molar-refractivity contribution is 7.99. The molecule has 0 aliphatic carbocycles. The fourth-order valence-electron chi connectivity index (χ4n) is 2.23. The van der Waals surface area contributed by atoms with Gasteiger partial charge in [-0.3, -0.25) is 0 Å². The van der Waals surface area contributed by atoms with Crippen LogP contribution in [-0.4, -0.2) is 30.3 Å². The third kappa shape index (κ3) is 2.78. The number of benzene rings is 1. The van der Waals surface area contributed by atoms with Crippen LogP contribution >= 0.6 is 23.5 Å². The fraction of sp³-hybridized carbons (Fsp3) is 0.500. The van der Waals surface area contributed by atoms with Crippen LogP contribution in [0, 0.1) is 11.3 Å². The number of nitriles is 1. The van der Waals surface area contributed by atoms with E-state index in [1.165, 1.54) is 17.9 Å². The summed E-state index contributed by atoms with van der Waals surface area (Å²) >= 11 is 3.75. The van der Waals surface area contributed by atoms with E-state index in [1.807, 2.05) is 17.8 Å². The summed E-state index contributed by atoms with van der Waals surface area (Å²) in [5, 5.41) is 9.42. The van der Waals surface area contributed by atoms with Gasteiger partial charge in [0.15, 0.2) is 0 Å². The molecule has 4 heteroatoms. The van der Waals surface area contributed by atoms with E-state index < -0.39 is 0 Å². The quantitative estimate of drug-likeness (QED) is 0.786. The van der Waals surface area contributed by atoms with E-state index in [2.05, 4.69) is 37.1 Å². The molecule has 1 aliphatic rings. The number of hydrogen-bond acceptors (Lipinski definition) is 4. The van der Waals surface area contributed by atoms with E-state index in [9.17, 15) is 5.26 Å². The van der Waals surface area contributed by atoms with Crippen LogP contribution in [0.5, 0.6) is 0 Å². The van der Waals surface area contributed by atoms with Crippen LogP contribution in [0.25, 0.3) is 0 Å². The van der Waals surface area contributed by atoms with Crippen molar-refractivity contribution in [2.75, 3.05) is 29.2 Å². The van der Waals surface area contributed by atoms with Crippen LogP contribution in [0.2, 0.25) is 0 Å². The summed E-state index contributed by atoms with van der Waals surface area (Å²) in [6, 6.07) is 9.14. The molecule has 1 saturated heterocycles. The van der Waals surface area contributed by atoms with Crippen LogP contribution in [0.3, 0.4) is 0 Å². The molecule has 18 heavy (non-hydrogen) atoms. The van der Waals surface area contributed by atoms with Crippen molar-refractivity contribution >= 4 is 29.2 Å². The third-order valence-corrected chi connectivity index (χ3v) is 5.33. The lowest BCUT2D eigenvalue weighted by Crippen LogP contribution is -2.31. The summed E-state index contributed by atoms with van der Waals surface area (Å²) < 4.78 is 0. The minimum Gasteiger partial charge on any atom is -0.370 e. The predicted molar refractivity (Wildman–Crippen MR) is 81.7 cm³/mol. The minimum atomic E-state index is 0.573. The Hall–Kier alpha value is -0.790. The van der Waals surface area contributed by atoms with Gasteiger partial charge in [0.1, 0.15) is 6.07 Å². The molecule has 0 spiro atoms. The van der Waals surface area contributed by atoms with Crippen molar-refractivity contribution < 1.29 is 0 Å². The Labute approximate surface area is 118 Å². The maximum Gasteiger partial charge on any atom is 0.103 e. The minimum absolute atomic E-state index is 0.573. The zero-order valence-corrected chi connectivity index (χ0v) is 12.5. The monoisotopic (exact) mass is 278 g/mol. The number of thioether (sulfide) groups is 2. The van der Waals surface area contributed by atoms with E-state index in [0.29, 0.717) is 6.04 Å². The highest BCUT2D eigenvalue weighted by Gasteiger charge is 2.22. The van der Waals surface area contributed by atoms with E-state index in [-0.39, 0.29) is 0 Å². The van der Waals surface area contributed by atoms with Crippen LogP contribution in [0.4, 0.5) is 5.69 Å². The molecule has 2 nitrogen and oxygen atoms in total. The molecule has 0 radical (unpaired) electrons. The molecular formula is C14H18N2S2. The Kier molecular flexibility index (Phi) is 4.85. The standard InChI is InChI=1S/C14H18N2S2/c1-3-18-14-6-4-5-13(12(14)9-15)16(2)11-7-8-17-10-11/h4-6,11H,3,7-8,10H2,1-2H3. The summed E-state index contributed by atoms with van der Waals surface area (Å²) in [5.41, 5.74) is 1.92. The van der Waals surface area contributed by atoms with Crippen molar-refractivity contribution in [2.24, 2.45) is 0 Å². The van der Waals surface area contributed by atoms with Gasteiger partial charge < -0.3 is 4.90 Å². The summed E-state index contributed by atoms with van der Waals surface area (Å²) in [4.78, 5) is 3.40. The van der Waals surface area contributed by atoms with Gasteiger partial charge in [-0.2, -0.15) is 17.0 Å². The molecule has 1 aromatic rings. The molecular weight excluding hydrogens is 260 g/mol. The summed E-state index contributed by atoms with van der Waals surface area (Å²) in [7, 11) is 2.12. The number of hydrogen-bond donors (Lipinski definition) is 0. The maximum absolute atomic E-state index is 9.42. The van der Waals surface area contributed by atoms with E-state index >= 15 is 0 Å². The SMILES string of the molecule is CCSc1cccc(N(C)C2CCSC2)c1C#N. The molecule has 0 bridgehead atoms. The van der Waals surface area contributed by atoms with Gasteiger partial charge >= 0.3 is 0 Å². The van der Waals surface area contributed by atoms with E-state index in [4.69, 9.17) is 0 Å². The lowest BCUT2D eigenvalue weighted by molar-refractivity contribution is 0.698. The molecule has 0 N–H and O–H groups in total. The highest BCUT2D eigenvalue weighted by atomic mass is 32.2. The summed E-state index contributed by atoms with van der Waals surface area (Å²) in [6.45, 7) is 2.12. The predicted octanol–water partition coefficient (Wildman–Crippen LogP) is 3.61. The average molecular weight is 278 g/mol. The van der Waals surface area contributed by atoms with Crippen LogP contribution in [0.1, 0.15) is 18.9 Å². The van der Waals surface area contributed by atoms with Gasteiger partial charge in [-0.05, 0) is 30.1 Å². The maximum atomic E-state index is 9.42. The molecule has 0 aromatic heterocycles. The smallest absolute Gasteiger partial charge is 0.103 e. The largest absolute Gasteiger partial charge is 0.370 e. The topological polar surface area (TPSA) is 27.0 Å². The number of anilines is 1. The normalized spacial score (nSPS) is 18.6. The average Bonchev–Trinajstić information content (AvgIpc) is 2.92. The second-order valence-electron chi connectivity index (χ2n) is 4.32. The van der Waals surface area contributed by atoms with Crippen LogP contribution < -0.4 is 4.90 Å². The summed E-state index contributed by atoms with van der Waals surface area (Å²) in [6.07, 6.45) is 1.22. The Morgan fingerprint density at radius 2 is 2.39 bits per heavy atom. The molecule has 1 unspecified atom stereocenters. The molecule has 0 amide bonds. The molecule has 1 aliphatic heterocycles. The van der Waals surface area contributed by atoms with Crippen molar-refractivity contribution in [1.82, 2.24) is 0 Å². The Balaban J connectivity index is 2.31. The Morgan fingerprint density at radius 3 is 3.00 bits per heavy atom. The van der Waals surface area contributed by atoms with Gasteiger partial charge in [0.25, 0.3) is 0 Å². The van der Waals surface area contributed by atoms with E-state index in [1.54, 1.807) is 11.8 Å². The van der Waals surface area contributed by atoms with Gasteiger partial charge in [0, 0.05) is 23.7 Å². The lowest BCUT2D eigenvalue weighted by Gasteiger charge is -2.27. The first-order chi connectivity index (χ1) is 8.77.